The normalized spacial score (nSPS) is 21.2. The zero-order valence-electron chi connectivity index (χ0n) is 16.2. The van der Waals surface area contributed by atoms with Gasteiger partial charge >= 0.3 is 0 Å². The molecule has 29 heavy (non-hydrogen) atoms. The SMILES string of the molecule is O=C(c1nc2ccccc2s1)C1CCC(NCc2ccc3c(c2)OCCO3)CC1. The van der Waals surface area contributed by atoms with Gasteiger partial charge in [0.05, 0.1) is 10.2 Å². The topological polar surface area (TPSA) is 60.5 Å². The van der Waals surface area contributed by atoms with E-state index >= 15 is 0 Å². The number of fused-ring (bicyclic) bond motifs is 2. The van der Waals surface area contributed by atoms with Crippen LogP contribution in [0.2, 0.25) is 0 Å². The Morgan fingerprint density at radius 2 is 1.83 bits per heavy atom. The summed E-state index contributed by atoms with van der Waals surface area (Å²) in [5.41, 5.74) is 2.12. The van der Waals surface area contributed by atoms with Gasteiger partial charge in [-0.05, 0) is 55.5 Å². The van der Waals surface area contributed by atoms with Gasteiger partial charge in [0.25, 0.3) is 0 Å². The number of hydrogen-bond donors (Lipinski definition) is 1. The first-order valence-corrected chi connectivity index (χ1v) is 11.1. The highest BCUT2D eigenvalue weighted by atomic mass is 32.1. The van der Waals surface area contributed by atoms with Crippen molar-refractivity contribution >= 4 is 27.3 Å². The first kappa shape index (κ1) is 18.6. The van der Waals surface area contributed by atoms with Crippen molar-refractivity contribution in [2.75, 3.05) is 13.2 Å². The molecule has 0 saturated heterocycles. The number of rotatable bonds is 5. The van der Waals surface area contributed by atoms with Crippen LogP contribution in [0.5, 0.6) is 11.5 Å². The van der Waals surface area contributed by atoms with E-state index in [0.29, 0.717) is 24.3 Å². The van der Waals surface area contributed by atoms with Gasteiger partial charge in [-0.1, -0.05) is 18.2 Å². The Hall–Kier alpha value is -2.44. The minimum Gasteiger partial charge on any atom is -0.486 e. The van der Waals surface area contributed by atoms with Crippen molar-refractivity contribution in [3.05, 3.63) is 53.0 Å². The number of thiazole rings is 1. The second-order valence-electron chi connectivity index (χ2n) is 7.76. The molecule has 6 heteroatoms. The summed E-state index contributed by atoms with van der Waals surface area (Å²) in [6.07, 6.45) is 3.89. The number of ketones is 1. The monoisotopic (exact) mass is 408 g/mol. The molecule has 0 amide bonds. The Kier molecular flexibility index (Phi) is 5.21. The fraction of sp³-hybridized carbons (Fsp3) is 0.391. The van der Waals surface area contributed by atoms with E-state index in [1.54, 1.807) is 0 Å². The molecule has 1 N–H and O–H groups in total. The predicted octanol–water partition coefficient (Wildman–Crippen LogP) is 4.60. The van der Waals surface area contributed by atoms with E-state index < -0.39 is 0 Å². The smallest absolute Gasteiger partial charge is 0.194 e. The fourth-order valence-corrected chi connectivity index (χ4v) is 5.16. The molecule has 0 spiro atoms. The van der Waals surface area contributed by atoms with Gasteiger partial charge in [-0.25, -0.2) is 4.98 Å². The lowest BCUT2D eigenvalue weighted by Gasteiger charge is -2.28. The predicted molar refractivity (Wildman–Crippen MR) is 114 cm³/mol. The van der Waals surface area contributed by atoms with E-state index in [4.69, 9.17) is 9.47 Å². The van der Waals surface area contributed by atoms with Gasteiger partial charge in [0.15, 0.2) is 22.3 Å². The van der Waals surface area contributed by atoms with Gasteiger partial charge < -0.3 is 14.8 Å². The third-order valence-corrected chi connectivity index (χ3v) is 6.86. The summed E-state index contributed by atoms with van der Waals surface area (Å²) in [4.78, 5) is 17.4. The number of carbonyl (C=O) groups excluding carboxylic acids is 1. The van der Waals surface area contributed by atoms with Crippen molar-refractivity contribution in [2.45, 2.75) is 38.3 Å². The molecule has 0 atom stereocenters. The van der Waals surface area contributed by atoms with E-state index in [-0.39, 0.29) is 11.7 Å². The lowest BCUT2D eigenvalue weighted by molar-refractivity contribution is 0.0879. The maximum absolute atomic E-state index is 12.9. The van der Waals surface area contributed by atoms with Crippen LogP contribution in [0.25, 0.3) is 10.2 Å². The lowest BCUT2D eigenvalue weighted by atomic mass is 9.83. The van der Waals surface area contributed by atoms with Gasteiger partial charge in [-0.15, -0.1) is 11.3 Å². The number of ether oxygens (including phenoxy) is 2. The highest BCUT2D eigenvalue weighted by Crippen LogP contribution is 2.32. The van der Waals surface area contributed by atoms with Crippen molar-refractivity contribution in [1.82, 2.24) is 10.3 Å². The number of hydrogen-bond acceptors (Lipinski definition) is 6. The van der Waals surface area contributed by atoms with E-state index in [0.717, 1.165) is 53.9 Å². The van der Waals surface area contributed by atoms with Crippen LogP contribution < -0.4 is 14.8 Å². The highest BCUT2D eigenvalue weighted by Gasteiger charge is 2.28. The van der Waals surface area contributed by atoms with Crippen LogP contribution >= 0.6 is 11.3 Å². The summed E-state index contributed by atoms with van der Waals surface area (Å²) in [5.74, 6) is 1.98. The minimum atomic E-state index is 0.0999. The molecule has 0 bridgehead atoms. The Bertz CT molecular complexity index is 991. The van der Waals surface area contributed by atoms with E-state index in [9.17, 15) is 4.79 Å². The standard InChI is InChI=1S/C23H24N2O3S/c26-22(23-25-18-3-1-2-4-21(18)29-23)16-6-8-17(9-7-16)24-14-15-5-10-19-20(13-15)28-12-11-27-19/h1-5,10,13,16-17,24H,6-9,11-12,14H2. The van der Waals surface area contributed by atoms with Crippen LogP contribution in [0.1, 0.15) is 41.0 Å². The summed E-state index contributed by atoms with van der Waals surface area (Å²) in [6.45, 7) is 2.03. The highest BCUT2D eigenvalue weighted by molar-refractivity contribution is 7.20. The van der Waals surface area contributed by atoms with Crippen LogP contribution in [-0.2, 0) is 6.54 Å². The quantitative estimate of drug-likeness (QED) is 0.625. The molecule has 1 aliphatic carbocycles. The van der Waals surface area contributed by atoms with Gasteiger partial charge in [-0.2, -0.15) is 0 Å². The van der Waals surface area contributed by atoms with Crippen LogP contribution in [0.4, 0.5) is 0 Å². The van der Waals surface area contributed by atoms with Crippen molar-refractivity contribution in [2.24, 2.45) is 5.92 Å². The molecule has 150 valence electrons. The summed E-state index contributed by atoms with van der Waals surface area (Å²) < 4.78 is 12.3. The molecule has 5 rings (SSSR count). The second-order valence-corrected chi connectivity index (χ2v) is 8.79. The maximum atomic E-state index is 12.9. The average Bonchev–Trinajstić information content (AvgIpc) is 3.22. The van der Waals surface area contributed by atoms with E-state index in [1.807, 2.05) is 30.3 Å². The molecular weight excluding hydrogens is 384 g/mol. The molecule has 2 aliphatic rings. The third-order valence-electron chi connectivity index (χ3n) is 5.80. The van der Waals surface area contributed by atoms with Crippen molar-refractivity contribution < 1.29 is 14.3 Å². The maximum Gasteiger partial charge on any atom is 0.194 e. The number of Topliss-reactive ketones (excluding diaryl/α,β-unsaturated/α-hetero) is 1. The molecule has 5 nitrogen and oxygen atoms in total. The summed E-state index contributed by atoms with van der Waals surface area (Å²) in [5, 5.41) is 4.31. The lowest BCUT2D eigenvalue weighted by Crippen LogP contribution is -2.34. The molecule has 1 fully saturated rings. The Morgan fingerprint density at radius 1 is 1.03 bits per heavy atom. The minimum absolute atomic E-state index is 0.0999. The van der Waals surface area contributed by atoms with Crippen LogP contribution in [-0.4, -0.2) is 30.0 Å². The molecule has 2 aromatic carbocycles. The Morgan fingerprint density at radius 3 is 2.66 bits per heavy atom. The third kappa shape index (κ3) is 4.00. The molecule has 1 aliphatic heterocycles. The average molecular weight is 409 g/mol. The number of carbonyl (C=O) groups is 1. The van der Waals surface area contributed by atoms with Gasteiger partial charge in [0, 0.05) is 18.5 Å². The first-order chi connectivity index (χ1) is 14.3. The molecular formula is C23H24N2O3S. The Balaban J connectivity index is 1.15. The number of benzene rings is 2. The first-order valence-electron chi connectivity index (χ1n) is 10.3. The largest absolute Gasteiger partial charge is 0.486 e. The zero-order chi connectivity index (χ0) is 19.6. The zero-order valence-corrected chi connectivity index (χ0v) is 17.0. The van der Waals surface area contributed by atoms with E-state index in [2.05, 4.69) is 22.4 Å². The van der Waals surface area contributed by atoms with Crippen molar-refractivity contribution in [3.8, 4) is 11.5 Å². The molecule has 0 unspecified atom stereocenters. The van der Waals surface area contributed by atoms with Crippen LogP contribution in [0, 0.1) is 5.92 Å². The molecule has 1 aromatic heterocycles. The van der Waals surface area contributed by atoms with Crippen LogP contribution in [0.15, 0.2) is 42.5 Å². The Labute approximate surface area is 174 Å². The number of nitrogens with zero attached hydrogens (tertiary/aromatic N) is 1. The summed E-state index contributed by atoms with van der Waals surface area (Å²) >= 11 is 1.52. The summed E-state index contributed by atoms with van der Waals surface area (Å²) in [6, 6.07) is 14.5. The molecule has 2 heterocycles. The van der Waals surface area contributed by atoms with Gasteiger partial charge in [0.1, 0.15) is 13.2 Å². The molecule has 0 radical (unpaired) electrons. The number of para-hydroxylation sites is 1. The summed E-state index contributed by atoms with van der Waals surface area (Å²) in [7, 11) is 0. The molecule has 1 saturated carbocycles. The second kappa shape index (κ2) is 8.13. The van der Waals surface area contributed by atoms with Crippen molar-refractivity contribution in [1.29, 1.82) is 0 Å². The van der Waals surface area contributed by atoms with E-state index in [1.165, 1.54) is 16.9 Å². The van der Waals surface area contributed by atoms with Gasteiger partial charge in [-0.3, -0.25) is 4.79 Å². The number of aromatic nitrogens is 1. The van der Waals surface area contributed by atoms with Crippen LogP contribution in [0.3, 0.4) is 0 Å². The molecule has 3 aromatic rings. The number of nitrogens with one attached hydrogen (secondary N) is 1. The van der Waals surface area contributed by atoms with Gasteiger partial charge in [0.2, 0.25) is 0 Å². The van der Waals surface area contributed by atoms with Crippen molar-refractivity contribution in [3.63, 3.8) is 0 Å². The fourth-order valence-electron chi connectivity index (χ4n) is 4.17.